The maximum Gasteiger partial charge on any atom is 0.295 e. The quantitative estimate of drug-likeness (QED) is 0.406. The lowest BCUT2D eigenvalue weighted by Gasteiger charge is -2.29. The molecule has 0 N–H and O–H groups in total. The maximum absolute atomic E-state index is 13.2. The van der Waals surface area contributed by atoms with Crippen molar-refractivity contribution in [3.05, 3.63) is 64.5 Å². The average molecular weight is 449 g/mol. The van der Waals surface area contributed by atoms with Crippen LogP contribution < -0.4 is 9.64 Å². The molecule has 164 valence electrons. The molecule has 1 aromatic heterocycles. The van der Waals surface area contributed by atoms with E-state index in [0.29, 0.717) is 17.0 Å². The Balaban J connectivity index is 1.82. The number of carbonyl (C=O) groups is 3. The standard InChI is InChI=1S/C25H24N2O4S/c1-14(2)23(28)21-22(18-7-5-6-8-20(18)31-4)27(25(30)24(21)29)17-11-9-16(10-12-17)19-13-32-15(3)26-19/h5-14,21-22H,1-4H3. The molecule has 3 aromatic rings. The van der Waals surface area contributed by atoms with Crippen LogP contribution >= 0.6 is 11.3 Å². The van der Waals surface area contributed by atoms with Gasteiger partial charge in [-0.15, -0.1) is 11.3 Å². The van der Waals surface area contributed by atoms with E-state index in [4.69, 9.17) is 4.74 Å². The molecule has 0 radical (unpaired) electrons. The number of aryl methyl sites for hydroxylation is 1. The summed E-state index contributed by atoms with van der Waals surface area (Å²) in [5, 5.41) is 2.94. The third kappa shape index (κ3) is 3.73. The van der Waals surface area contributed by atoms with Crippen LogP contribution in [0.4, 0.5) is 5.69 Å². The SMILES string of the molecule is COc1ccccc1C1C(C(=O)C(C)C)C(=O)C(=O)N1c1ccc(-c2csc(C)n2)cc1. The number of Topliss-reactive ketones (excluding diaryl/α,β-unsaturated/α-hetero) is 2. The zero-order valence-corrected chi connectivity index (χ0v) is 19.2. The Bertz CT molecular complexity index is 1180. The first kappa shape index (κ1) is 21.9. The topological polar surface area (TPSA) is 76.6 Å². The van der Waals surface area contributed by atoms with Crippen molar-refractivity contribution in [2.24, 2.45) is 11.8 Å². The molecule has 0 aliphatic carbocycles. The number of carbonyl (C=O) groups excluding carboxylic acids is 3. The van der Waals surface area contributed by atoms with Crippen LogP contribution in [0.3, 0.4) is 0 Å². The molecule has 0 spiro atoms. The predicted molar refractivity (Wildman–Crippen MR) is 124 cm³/mol. The zero-order valence-electron chi connectivity index (χ0n) is 18.4. The maximum atomic E-state index is 13.2. The lowest BCUT2D eigenvalue weighted by Crippen LogP contribution is -2.32. The Hall–Kier alpha value is -3.32. The van der Waals surface area contributed by atoms with E-state index in [1.165, 1.54) is 12.0 Å². The van der Waals surface area contributed by atoms with Crippen molar-refractivity contribution >= 4 is 34.5 Å². The summed E-state index contributed by atoms with van der Waals surface area (Å²) in [7, 11) is 1.53. The van der Waals surface area contributed by atoms with E-state index < -0.39 is 23.7 Å². The van der Waals surface area contributed by atoms with Crippen molar-refractivity contribution in [1.29, 1.82) is 0 Å². The second-order valence-electron chi connectivity index (χ2n) is 8.06. The Morgan fingerprint density at radius 3 is 2.38 bits per heavy atom. The summed E-state index contributed by atoms with van der Waals surface area (Å²) >= 11 is 1.57. The van der Waals surface area contributed by atoms with Crippen LogP contribution in [0, 0.1) is 18.8 Å². The highest BCUT2D eigenvalue weighted by Gasteiger charge is 2.53. The number of hydrogen-bond acceptors (Lipinski definition) is 6. The van der Waals surface area contributed by atoms with Gasteiger partial charge in [-0.25, -0.2) is 4.98 Å². The molecule has 32 heavy (non-hydrogen) atoms. The lowest BCUT2D eigenvalue weighted by atomic mass is 9.84. The number of para-hydroxylation sites is 1. The summed E-state index contributed by atoms with van der Waals surface area (Å²) < 4.78 is 5.51. The van der Waals surface area contributed by atoms with Gasteiger partial charge in [0.05, 0.1) is 23.9 Å². The van der Waals surface area contributed by atoms with Crippen LogP contribution in [0.1, 0.15) is 30.5 Å². The number of anilines is 1. The van der Waals surface area contributed by atoms with Gasteiger partial charge in [0.1, 0.15) is 17.5 Å². The zero-order chi connectivity index (χ0) is 23.0. The van der Waals surface area contributed by atoms with Crippen molar-refractivity contribution in [3.63, 3.8) is 0 Å². The average Bonchev–Trinajstić information content (AvgIpc) is 3.34. The summed E-state index contributed by atoms with van der Waals surface area (Å²) in [5.74, 6) is -2.56. The second-order valence-corrected chi connectivity index (χ2v) is 9.12. The molecule has 2 heterocycles. The molecule has 1 aliphatic rings. The molecule has 2 atom stereocenters. The molecular formula is C25H24N2O4S. The van der Waals surface area contributed by atoms with Gasteiger partial charge >= 0.3 is 0 Å². The molecule has 7 heteroatoms. The van der Waals surface area contributed by atoms with Crippen LogP contribution in [-0.2, 0) is 14.4 Å². The van der Waals surface area contributed by atoms with Gasteiger partial charge in [-0.1, -0.05) is 44.2 Å². The van der Waals surface area contributed by atoms with Crippen molar-refractivity contribution in [1.82, 2.24) is 4.98 Å². The van der Waals surface area contributed by atoms with Gasteiger partial charge in [0.25, 0.3) is 5.91 Å². The first-order valence-electron chi connectivity index (χ1n) is 10.4. The fraction of sp³-hybridized carbons (Fsp3) is 0.280. The summed E-state index contributed by atoms with van der Waals surface area (Å²) in [4.78, 5) is 45.2. The molecule has 2 unspecified atom stereocenters. The molecule has 1 aliphatic heterocycles. The van der Waals surface area contributed by atoms with E-state index >= 15 is 0 Å². The Kier molecular flexibility index (Phi) is 5.93. The highest BCUT2D eigenvalue weighted by molar-refractivity contribution is 7.09. The molecule has 1 fully saturated rings. The highest BCUT2D eigenvalue weighted by atomic mass is 32.1. The molecule has 1 saturated heterocycles. The van der Waals surface area contributed by atoms with Crippen molar-refractivity contribution < 1.29 is 19.1 Å². The van der Waals surface area contributed by atoms with Crippen LogP contribution in [0.25, 0.3) is 11.3 Å². The van der Waals surface area contributed by atoms with Crippen molar-refractivity contribution in [3.8, 4) is 17.0 Å². The lowest BCUT2D eigenvalue weighted by molar-refractivity contribution is -0.139. The van der Waals surface area contributed by atoms with Crippen LogP contribution in [0.2, 0.25) is 0 Å². The number of thiazole rings is 1. The van der Waals surface area contributed by atoms with Crippen LogP contribution in [0.15, 0.2) is 53.9 Å². The summed E-state index contributed by atoms with van der Waals surface area (Å²) in [6, 6.07) is 13.8. The number of ether oxygens (including phenoxy) is 1. The van der Waals surface area contributed by atoms with Gasteiger partial charge in [0, 0.05) is 28.1 Å². The Labute approximate surface area is 190 Å². The van der Waals surface area contributed by atoms with E-state index in [2.05, 4.69) is 4.98 Å². The van der Waals surface area contributed by atoms with E-state index in [-0.39, 0.29) is 11.7 Å². The first-order valence-corrected chi connectivity index (χ1v) is 11.3. The minimum Gasteiger partial charge on any atom is -0.496 e. The molecular weight excluding hydrogens is 424 g/mol. The number of nitrogens with zero attached hydrogens (tertiary/aromatic N) is 2. The second kappa shape index (κ2) is 8.67. The Morgan fingerprint density at radius 2 is 1.78 bits per heavy atom. The summed E-state index contributed by atoms with van der Waals surface area (Å²) in [6.07, 6.45) is 0. The van der Waals surface area contributed by atoms with Crippen molar-refractivity contribution in [2.75, 3.05) is 12.0 Å². The minimum atomic E-state index is -1.08. The molecule has 2 aromatic carbocycles. The fourth-order valence-electron chi connectivity index (χ4n) is 4.11. The smallest absolute Gasteiger partial charge is 0.295 e. The predicted octanol–water partition coefficient (Wildman–Crippen LogP) is 4.63. The van der Waals surface area contributed by atoms with Gasteiger partial charge in [0.2, 0.25) is 5.78 Å². The largest absolute Gasteiger partial charge is 0.496 e. The van der Waals surface area contributed by atoms with Gasteiger partial charge in [-0.2, -0.15) is 0 Å². The number of amides is 1. The Morgan fingerprint density at radius 1 is 1.09 bits per heavy atom. The van der Waals surface area contributed by atoms with Gasteiger partial charge in [-0.05, 0) is 25.1 Å². The number of ketones is 2. The number of hydrogen-bond donors (Lipinski definition) is 0. The van der Waals surface area contributed by atoms with E-state index in [0.717, 1.165) is 16.3 Å². The number of methoxy groups -OCH3 is 1. The first-order chi connectivity index (χ1) is 15.3. The summed E-state index contributed by atoms with van der Waals surface area (Å²) in [6.45, 7) is 5.43. The normalized spacial score (nSPS) is 18.5. The van der Waals surface area contributed by atoms with Crippen molar-refractivity contribution in [2.45, 2.75) is 26.8 Å². The monoisotopic (exact) mass is 448 g/mol. The minimum absolute atomic E-state index is 0.253. The van der Waals surface area contributed by atoms with E-state index in [9.17, 15) is 14.4 Å². The number of benzene rings is 2. The number of rotatable bonds is 6. The number of aromatic nitrogens is 1. The van der Waals surface area contributed by atoms with Gasteiger partial charge < -0.3 is 4.74 Å². The molecule has 4 rings (SSSR count). The third-order valence-corrected chi connectivity index (χ3v) is 6.47. The van der Waals surface area contributed by atoms with Gasteiger partial charge in [0.15, 0.2) is 0 Å². The fourth-order valence-corrected chi connectivity index (χ4v) is 4.73. The molecule has 1 amide bonds. The van der Waals surface area contributed by atoms with E-state index in [1.807, 2.05) is 36.6 Å². The molecule has 0 saturated carbocycles. The molecule has 6 nitrogen and oxygen atoms in total. The van der Waals surface area contributed by atoms with Gasteiger partial charge in [-0.3, -0.25) is 19.3 Å². The third-order valence-electron chi connectivity index (χ3n) is 5.70. The van der Waals surface area contributed by atoms with E-state index in [1.54, 1.807) is 49.4 Å². The van der Waals surface area contributed by atoms with Crippen LogP contribution in [-0.4, -0.2) is 29.6 Å². The van der Waals surface area contributed by atoms with Crippen LogP contribution in [0.5, 0.6) is 5.75 Å². The molecule has 0 bridgehead atoms. The summed E-state index contributed by atoms with van der Waals surface area (Å²) in [5.41, 5.74) is 2.96. The highest BCUT2D eigenvalue weighted by Crippen LogP contribution is 2.44.